The Morgan fingerprint density at radius 3 is 1.72 bits per heavy atom. The van der Waals surface area contributed by atoms with Crippen molar-refractivity contribution >= 4 is 89.7 Å². The van der Waals surface area contributed by atoms with Gasteiger partial charge >= 0.3 is 6.85 Å². The van der Waals surface area contributed by atoms with Gasteiger partial charge in [-0.3, -0.25) is 0 Å². The lowest BCUT2D eigenvalue weighted by atomic mass is 9.43. The first kappa shape index (κ1) is 40.2. The topological polar surface area (TPSA) is 19.6 Å². The molecule has 4 heteroatoms. The van der Waals surface area contributed by atoms with Gasteiger partial charge in [0.25, 0.3) is 0 Å². The van der Waals surface area contributed by atoms with E-state index in [1.165, 1.54) is 111 Å². The molecule has 1 aromatic heterocycles. The molecule has 0 amide bonds. The Balaban J connectivity index is 1.04. The van der Waals surface area contributed by atoms with Gasteiger partial charge in [-0.15, -0.1) is 0 Å². The molecule has 0 saturated carbocycles. The van der Waals surface area contributed by atoms with E-state index in [2.05, 4.69) is 250 Å². The van der Waals surface area contributed by atoms with E-state index in [9.17, 15) is 0 Å². The third kappa shape index (κ3) is 5.26. The lowest BCUT2D eigenvalue weighted by molar-refractivity contribution is 0.660. The Morgan fingerprint density at radius 1 is 0.375 bits per heavy atom. The maximum atomic E-state index is 6.96. The number of furan rings is 1. The number of anilines is 5. The first-order valence-corrected chi connectivity index (χ1v) is 25.4. The third-order valence-corrected chi connectivity index (χ3v) is 17.2. The van der Waals surface area contributed by atoms with Crippen molar-refractivity contribution in [2.45, 2.75) is 38.5 Å². The zero-order valence-corrected chi connectivity index (χ0v) is 40.6. The minimum Gasteiger partial charge on any atom is -0.456 e. The molecule has 4 aliphatic rings. The molecule has 2 aliphatic carbocycles. The van der Waals surface area contributed by atoms with Crippen molar-refractivity contribution in [1.82, 2.24) is 0 Å². The van der Waals surface area contributed by atoms with Gasteiger partial charge in [-0.2, -0.15) is 0 Å². The van der Waals surface area contributed by atoms with E-state index in [0.717, 1.165) is 39.0 Å². The van der Waals surface area contributed by atoms with Gasteiger partial charge in [0.05, 0.1) is 5.69 Å². The van der Waals surface area contributed by atoms with Gasteiger partial charge in [0.2, 0.25) is 0 Å². The summed E-state index contributed by atoms with van der Waals surface area (Å²) in [7, 11) is 0. The highest BCUT2D eigenvalue weighted by molar-refractivity contribution is 6.94. The van der Waals surface area contributed by atoms with Crippen molar-refractivity contribution in [3.05, 3.63) is 235 Å². The molecule has 12 aromatic rings. The minimum absolute atomic E-state index is 0.112. The summed E-state index contributed by atoms with van der Waals surface area (Å²) in [4.78, 5) is 5.29. The summed E-state index contributed by atoms with van der Waals surface area (Å²) >= 11 is 0. The van der Waals surface area contributed by atoms with Gasteiger partial charge in [-0.1, -0.05) is 179 Å². The van der Waals surface area contributed by atoms with Gasteiger partial charge in [-0.05, 0) is 143 Å². The van der Waals surface area contributed by atoms with Crippen LogP contribution in [0.5, 0.6) is 0 Å². The van der Waals surface area contributed by atoms with Crippen molar-refractivity contribution < 1.29 is 4.42 Å². The van der Waals surface area contributed by atoms with Crippen LogP contribution in [0.4, 0.5) is 28.4 Å². The molecule has 0 fully saturated rings. The monoisotopic (exact) mass is 918 g/mol. The Hall–Kier alpha value is -8.60. The summed E-state index contributed by atoms with van der Waals surface area (Å²) in [5.74, 6) is 0. The van der Waals surface area contributed by atoms with Gasteiger partial charge in [-0.25, -0.2) is 0 Å². The second kappa shape index (κ2) is 14.1. The summed E-state index contributed by atoms with van der Waals surface area (Å²) < 4.78 is 6.96. The first-order chi connectivity index (χ1) is 35.2. The molecule has 3 heterocycles. The first-order valence-electron chi connectivity index (χ1n) is 25.4. The van der Waals surface area contributed by atoms with Crippen molar-refractivity contribution in [2.75, 3.05) is 9.71 Å². The molecule has 3 nitrogen and oxygen atoms in total. The highest BCUT2D eigenvalue weighted by Crippen LogP contribution is 2.56. The predicted octanol–water partition coefficient (Wildman–Crippen LogP) is 16.9. The quantitative estimate of drug-likeness (QED) is 0.165. The normalized spacial score (nSPS) is 15.1. The Kier molecular flexibility index (Phi) is 7.84. The van der Waals surface area contributed by atoms with Crippen LogP contribution in [0.3, 0.4) is 0 Å². The Labute approximate surface area is 419 Å². The molecule has 0 saturated heterocycles. The van der Waals surface area contributed by atoms with Crippen LogP contribution in [0.2, 0.25) is 0 Å². The van der Waals surface area contributed by atoms with Crippen LogP contribution in [0, 0.1) is 0 Å². The van der Waals surface area contributed by atoms with E-state index in [-0.39, 0.29) is 17.7 Å². The van der Waals surface area contributed by atoms with Gasteiger partial charge < -0.3 is 14.1 Å². The van der Waals surface area contributed by atoms with E-state index in [0.29, 0.717) is 0 Å². The highest BCUT2D eigenvalue weighted by atomic mass is 16.3. The maximum Gasteiger partial charge on any atom is 0.333 e. The molecular weight excluding hydrogens is 872 g/mol. The smallest absolute Gasteiger partial charge is 0.333 e. The fraction of sp³-hybridized carbons (Fsp3) is 0.0882. The molecular formula is C68H47BN2O. The van der Waals surface area contributed by atoms with Crippen molar-refractivity contribution in [3.8, 4) is 44.5 Å². The number of nitrogens with zero attached hydrogens (tertiary/aromatic N) is 2. The molecule has 2 aliphatic heterocycles. The zero-order chi connectivity index (χ0) is 47.8. The van der Waals surface area contributed by atoms with Crippen LogP contribution in [0.1, 0.15) is 49.9 Å². The van der Waals surface area contributed by atoms with Gasteiger partial charge in [0.15, 0.2) is 0 Å². The Morgan fingerprint density at radius 2 is 0.958 bits per heavy atom. The molecule has 72 heavy (non-hydrogen) atoms. The fourth-order valence-corrected chi connectivity index (χ4v) is 13.7. The Bertz CT molecular complexity index is 4350. The van der Waals surface area contributed by atoms with Crippen molar-refractivity contribution in [1.29, 1.82) is 0 Å². The van der Waals surface area contributed by atoms with Crippen LogP contribution in [-0.2, 0) is 10.8 Å². The number of hydrogen-bond acceptors (Lipinski definition) is 3. The van der Waals surface area contributed by atoms with Crippen LogP contribution in [-0.4, -0.2) is 6.85 Å². The molecule has 0 N–H and O–H groups in total. The zero-order valence-electron chi connectivity index (χ0n) is 40.6. The molecule has 0 atom stereocenters. The predicted molar refractivity (Wildman–Crippen MR) is 303 cm³/mol. The lowest BCUT2D eigenvalue weighted by Gasteiger charge is -2.46. The summed E-state index contributed by atoms with van der Waals surface area (Å²) in [6.07, 6.45) is 0. The third-order valence-electron chi connectivity index (χ3n) is 17.2. The average Bonchev–Trinajstić information content (AvgIpc) is 3.97. The molecule has 338 valence electrons. The molecule has 11 aromatic carbocycles. The summed E-state index contributed by atoms with van der Waals surface area (Å²) in [6, 6.07) is 80.1. The van der Waals surface area contributed by atoms with E-state index in [4.69, 9.17) is 4.42 Å². The molecule has 0 spiro atoms. The largest absolute Gasteiger partial charge is 0.456 e. The number of rotatable bonds is 3. The lowest BCUT2D eigenvalue weighted by Crippen LogP contribution is -2.61. The van der Waals surface area contributed by atoms with Gasteiger partial charge in [0.1, 0.15) is 11.2 Å². The van der Waals surface area contributed by atoms with Crippen LogP contribution >= 0.6 is 0 Å². The van der Waals surface area contributed by atoms with Crippen LogP contribution < -0.4 is 20.6 Å². The van der Waals surface area contributed by atoms with Crippen LogP contribution in [0.15, 0.2) is 217 Å². The number of hydrogen-bond donors (Lipinski definition) is 0. The van der Waals surface area contributed by atoms with E-state index < -0.39 is 0 Å². The second-order valence-corrected chi connectivity index (χ2v) is 21.6. The SMILES string of the molecule is CC1(C)c2ccccc2-c2cc(N3c4cc5c(cc4B4c6c(cc7ccccc7c63)-c3cc6c(cc3N4c3ccc(-c4ccccc4)cc3)oc3cc4ccccc4cc36)C(C)(C)c3ccccc3-5)ccc21. The number of fused-ring (bicyclic) bond motifs is 16. The summed E-state index contributed by atoms with van der Waals surface area (Å²) in [5, 5.41) is 7.09. The van der Waals surface area contributed by atoms with Crippen molar-refractivity contribution in [3.63, 3.8) is 0 Å². The molecule has 0 bridgehead atoms. The average molecular weight is 919 g/mol. The molecule has 16 rings (SSSR count). The minimum atomic E-state index is -0.208. The van der Waals surface area contributed by atoms with E-state index >= 15 is 0 Å². The highest BCUT2D eigenvalue weighted by Gasteiger charge is 2.48. The van der Waals surface area contributed by atoms with Crippen molar-refractivity contribution in [2.24, 2.45) is 0 Å². The molecule has 0 radical (unpaired) electrons. The maximum absolute atomic E-state index is 6.96. The van der Waals surface area contributed by atoms with E-state index in [1.807, 2.05) is 0 Å². The summed E-state index contributed by atoms with van der Waals surface area (Å²) in [6.45, 7) is 9.39. The standard InChI is InChI=1S/C68H47BN2O/c1-67(2)56-24-14-12-22-48(56)50-35-46(30-31-58(50)67)70-62-37-51-49-23-13-15-25-57(49)68(3,4)59(51)38-60(62)69-65-55(33-44-20-10-11-21-47(44)66(65)70)52-36-54-53-32-42-18-8-9-19-43(42)34-63(53)72-64(54)39-61(52)71(69)45-28-26-41(27-29-45)40-16-6-5-7-17-40/h5-39H,1-4H3. The fourth-order valence-electron chi connectivity index (χ4n) is 13.7. The molecule has 0 unspecified atom stereocenters. The summed E-state index contributed by atoms with van der Waals surface area (Å²) in [5.41, 5.74) is 25.5. The van der Waals surface area contributed by atoms with Gasteiger partial charge in [0, 0.05) is 61.4 Å². The van der Waals surface area contributed by atoms with Crippen LogP contribution in [0.25, 0.3) is 88.0 Å². The van der Waals surface area contributed by atoms with E-state index in [1.54, 1.807) is 0 Å². The number of benzene rings is 11. The second-order valence-electron chi connectivity index (χ2n) is 21.6.